The Kier molecular flexibility index (Phi) is 5.22. The summed E-state index contributed by atoms with van der Waals surface area (Å²) < 4.78 is 0. The van der Waals surface area contributed by atoms with E-state index in [-0.39, 0.29) is 0 Å². The molecule has 1 rings (SSSR count). The summed E-state index contributed by atoms with van der Waals surface area (Å²) in [4.78, 5) is 0.395. The molecule has 0 aliphatic carbocycles. The van der Waals surface area contributed by atoms with Gasteiger partial charge >= 0.3 is 0 Å². The minimum atomic E-state index is 0.395. The lowest BCUT2D eigenvalue weighted by molar-refractivity contribution is 0.606. The van der Waals surface area contributed by atoms with Crippen LogP contribution in [0.4, 0.5) is 0 Å². The van der Waals surface area contributed by atoms with Crippen molar-refractivity contribution in [3.05, 3.63) is 12.2 Å². The van der Waals surface area contributed by atoms with E-state index in [0.717, 1.165) is 0 Å². The third-order valence-electron chi connectivity index (χ3n) is 2.47. The summed E-state index contributed by atoms with van der Waals surface area (Å²) in [6, 6.07) is 0. The van der Waals surface area contributed by atoms with Crippen molar-refractivity contribution in [1.82, 2.24) is 0 Å². The van der Waals surface area contributed by atoms with Crippen LogP contribution in [0.5, 0.6) is 0 Å². The predicted molar refractivity (Wildman–Crippen MR) is 67.9 cm³/mol. The van der Waals surface area contributed by atoms with Gasteiger partial charge in [-0.15, -0.1) is 9.24 Å². The van der Waals surface area contributed by atoms with Gasteiger partial charge in [0.05, 0.1) is 0 Å². The fourth-order valence-electron chi connectivity index (χ4n) is 1.59. The molecule has 0 fully saturated rings. The van der Waals surface area contributed by atoms with Crippen LogP contribution < -0.4 is 0 Å². The highest BCUT2D eigenvalue weighted by Gasteiger charge is 2.19. The Morgan fingerprint density at radius 3 is 2.62 bits per heavy atom. The van der Waals surface area contributed by atoms with Gasteiger partial charge < -0.3 is 0 Å². The summed E-state index contributed by atoms with van der Waals surface area (Å²) in [5.74, 6) is 2.25. The molecule has 0 nitrogen and oxygen atoms in total. The van der Waals surface area contributed by atoms with E-state index in [2.05, 4.69) is 34.1 Å². The molecule has 2 unspecified atom stereocenters. The first-order valence-corrected chi connectivity index (χ1v) is 6.83. The number of unbranched alkanes of at least 4 members (excludes halogenated alkanes) is 4. The molecule has 1 aliphatic rings. The molecule has 0 aromatic carbocycles. The summed E-state index contributed by atoms with van der Waals surface area (Å²) in [5.41, 5.74) is 0. The van der Waals surface area contributed by atoms with Gasteiger partial charge in [-0.05, 0) is 12.2 Å². The Hall–Kier alpha value is 0.340. The fourth-order valence-corrected chi connectivity index (χ4v) is 3.08. The first-order valence-electron chi connectivity index (χ1n) is 5.29. The van der Waals surface area contributed by atoms with E-state index in [9.17, 15) is 0 Å². The van der Waals surface area contributed by atoms with E-state index in [1.807, 2.05) is 0 Å². The average Bonchev–Trinajstić information content (AvgIpc) is 2.53. The predicted octanol–water partition coefficient (Wildman–Crippen LogP) is 4.24. The smallest absolute Gasteiger partial charge is 0.0444 e. The second-order valence-corrected chi connectivity index (χ2v) is 6.70. The normalized spacial score (nSPS) is 26.9. The minimum Gasteiger partial charge on any atom is -0.118 e. The van der Waals surface area contributed by atoms with Crippen LogP contribution in [0.2, 0.25) is 0 Å². The largest absolute Gasteiger partial charge is 0.118 e. The lowest BCUT2D eigenvalue weighted by Gasteiger charge is -2.17. The Labute approximate surface area is 86.2 Å². The van der Waals surface area contributed by atoms with Gasteiger partial charge in [0, 0.05) is 4.90 Å². The van der Waals surface area contributed by atoms with Crippen LogP contribution in [0, 0.1) is 0 Å². The average molecular weight is 214 g/mol. The molecule has 2 heteroatoms. The summed E-state index contributed by atoms with van der Waals surface area (Å²) in [5, 5.41) is 0. The highest BCUT2D eigenvalue weighted by Crippen LogP contribution is 2.40. The van der Waals surface area contributed by atoms with Gasteiger partial charge in [-0.1, -0.05) is 59.4 Å². The summed E-state index contributed by atoms with van der Waals surface area (Å²) in [6.07, 6.45) is 12.8. The van der Waals surface area contributed by atoms with E-state index in [4.69, 9.17) is 0 Å². The van der Waals surface area contributed by atoms with Crippen LogP contribution in [0.1, 0.15) is 45.4 Å². The van der Waals surface area contributed by atoms with Crippen molar-refractivity contribution < 1.29 is 0 Å². The highest BCUT2D eigenvalue weighted by molar-refractivity contribution is 7.53. The van der Waals surface area contributed by atoms with E-state index >= 15 is 0 Å². The zero-order valence-electron chi connectivity index (χ0n) is 8.50. The molecule has 1 aliphatic heterocycles. The summed E-state index contributed by atoms with van der Waals surface area (Å²) >= 11 is 0. The first-order chi connectivity index (χ1) is 6.27. The zero-order valence-corrected chi connectivity index (χ0v) is 10.5. The van der Waals surface area contributed by atoms with Crippen LogP contribution in [-0.4, -0.2) is 10.7 Å². The Bertz CT molecular complexity index is 182. The highest BCUT2D eigenvalue weighted by atomic mass is 31.1. The lowest BCUT2D eigenvalue weighted by atomic mass is 10.1. The second kappa shape index (κ2) is 5.94. The Morgan fingerprint density at radius 1 is 1.23 bits per heavy atom. The number of allylic oxidation sites excluding steroid dienone is 2. The Morgan fingerprint density at radius 2 is 2.00 bits per heavy atom. The molecule has 0 aromatic rings. The minimum absolute atomic E-state index is 0.395. The SMILES string of the molecule is CCCCCCCC1(P)C=CC=P1. The molecule has 0 spiro atoms. The monoisotopic (exact) mass is 214 g/mol. The molecule has 2 atom stereocenters. The van der Waals surface area contributed by atoms with Gasteiger partial charge in [0.2, 0.25) is 0 Å². The van der Waals surface area contributed by atoms with Crippen molar-refractivity contribution in [3.8, 4) is 0 Å². The van der Waals surface area contributed by atoms with Crippen LogP contribution in [0.3, 0.4) is 0 Å². The first kappa shape index (κ1) is 11.4. The fraction of sp³-hybridized carbons (Fsp3) is 0.727. The third kappa shape index (κ3) is 4.39. The third-order valence-corrected chi connectivity index (χ3v) is 4.57. The quantitative estimate of drug-likeness (QED) is 0.458. The summed E-state index contributed by atoms with van der Waals surface area (Å²) in [6.45, 7) is 2.27. The molecule has 74 valence electrons. The number of hydrogen-bond donors (Lipinski definition) is 0. The van der Waals surface area contributed by atoms with E-state index in [1.54, 1.807) is 0 Å². The molecule has 0 aromatic heterocycles. The van der Waals surface area contributed by atoms with Crippen LogP contribution in [0.15, 0.2) is 12.2 Å². The van der Waals surface area contributed by atoms with Gasteiger partial charge in [-0.25, -0.2) is 0 Å². The maximum absolute atomic E-state index is 3.00. The number of hydrogen-bond acceptors (Lipinski definition) is 0. The Balaban J connectivity index is 2.05. The van der Waals surface area contributed by atoms with Gasteiger partial charge in [0.25, 0.3) is 0 Å². The van der Waals surface area contributed by atoms with E-state index in [0.29, 0.717) is 4.90 Å². The molecule has 0 bridgehead atoms. The van der Waals surface area contributed by atoms with Gasteiger partial charge in [0.15, 0.2) is 0 Å². The van der Waals surface area contributed by atoms with Gasteiger partial charge in [-0.3, -0.25) is 0 Å². The topological polar surface area (TPSA) is 0 Å². The van der Waals surface area contributed by atoms with Crippen molar-refractivity contribution in [3.63, 3.8) is 0 Å². The van der Waals surface area contributed by atoms with E-state index < -0.39 is 0 Å². The van der Waals surface area contributed by atoms with Gasteiger partial charge in [-0.2, -0.15) is 0 Å². The van der Waals surface area contributed by atoms with Crippen LogP contribution >= 0.6 is 17.4 Å². The van der Waals surface area contributed by atoms with Crippen LogP contribution in [0.25, 0.3) is 0 Å². The standard InChI is InChI=1S/C11H20P2/c1-2-3-4-5-6-8-11(12)9-7-10-13-11/h7,9-10H,2-6,8,12H2,1H3. The molecule has 0 saturated carbocycles. The van der Waals surface area contributed by atoms with Crippen molar-refractivity contribution in [2.24, 2.45) is 0 Å². The second-order valence-electron chi connectivity index (χ2n) is 3.79. The molecular formula is C11H20P2. The van der Waals surface area contributed by atoms with Gasteiger partial charge in [0.1, 0.15) is 0 Å². The molecule has 0 radical (unpaired) electrons. The molecule has 0 amide bonds. The van der Waals surface area contributed by atoms with Crippen LogP contribution in [-0.2, 0) is 0 Å². The molecular weight excluding hydrogens is 194 g/mol. The molecule has 0 N–H and O–H groups in total. The maximum Gasteiger partial charge on any atom is 0.0444 e. The lowest BCUT2D eigenvalue weighted by Crippen LogP contribution is -2.05. The van der Waals surface area contributed by atoms with Crippen molar-refractivity contribution in [1.29, 1.82) is 0 Å². The summed E-state index contributed by atoms with van der Waals surface area (Å²) in [7, 11) is 4.46. The number of rotatable bonds is 6. The molecule has 13 heavy (non-hydrogen) atoms. The zero-order chi connectivity index (χ0) is 9.57. The maximum atomic E-state index is 3.00. The van der Waals surface area contributed by atoms with Crippen molar-refractivity contribution in [2.75, 3.05) is 0 Å². The molecule has 0 saturated heterocycles. The van der Waals surface area contributed by atoms with Crippen molar-refractivity contribution >= 4 is 23.2 Å². The molecule has 1 heterocycles. The van der Waals surface area contributed by atoms with Crippen molar-refractivity contribution in [2.45, 2.75) is 50.3 Å². The van der Waals surface area contributed by atoms with E-state index in [1.165, 1.54) is 46.7 Å².